The van der Waals surface area contributed by atoms with E-state index in [4.69, 9.17) is 0 Å². The molecule has 0 aromatic heterocycles. The third-order valence-electron chi connectivity index (χ3n) is 10.0. The average Bonchev–Trinajstić information content (AvgIpc) is 2.99. The number of hydrogen-bond acceptors (Lipinski definition) is 1. The van der Waals surface area contributed by atoms with Crippen molar-refractivity contribution in [2.24, 2.45) is 46.3 Å². The Kier molecular flexibility index (Phi) is 5.60. The van der Waals surface area contributed by atoms with E-state index in [0.29, 0.717) is 17.1 Å². The number of allylic oxidation sites excluding steroid dienone is 2. The van der Waals surface area contributed by atoms with Crippen LogP contribution in [0.4, 0.5) is 0 Å². The Morgan fingerprint density at radius 3 is 2.57 bits per heavy atom. The minimum Gasteiger partial charge on any atom is -0.295 e. The van der Waals surface area contributed by atoms with Crippen LogP contribution in [0.15, 0.2) is 11.6 Å². The predicted molar refractivity (Wildman–Crippen MR) is 118 cm³/mol. The normalized spacial score (nSPS) is 43.9. The molecular weight excluding hydrogens is 340 g/mol. The summed E-state index contributed by atoms with van der Waals surface area (Å²) >= 11 is 0. The zero-order chi connectivity index (χ0) is 20.1. The van der Waals surface area contributed by atoms with Gasteiger partial charge in [-0.2, -0.15) is 0 Å². The molecule has 0 amide bonds. The Labute approximate surface area is 174 Å². The second-order valence-corrected chi connectivity index (χ2v) is 12.0. The lowest BCUT2D eigenvalue weighted by Gasteiger charge is -2.58. The monoisotopic (exact) mass is 384 g/mol. The fraction of sp³-hybridized carbons (Fsp3) is 0.889. The standard InChI is InChI=1S/C27H44O/c1-18(2)9-8-10-19(3)21-12-13-22-20-17-25(28)24-11-6-7-15-26(24,4)23(20)14-16-27(21,22)5/h11,18-23H,6-10,12-17H2,1-5H3/t19-,20-,21-,22-,23-,26-,27-/m1/s1. The number of Topliss-reactive ketones (excluding diaryl/α,β-unsaturated/α-hetero) is 1. The van der Waals surface area contributed by atoms with E-state index < -0.39 is 0 Å². The predicted octanol–water partition coefficient (Wildman–Crippen LogP) is 7.60. The van der Waals surface area contributed by atoms with E-state index in [9.17, 15) is 4.79 Å². The molecule has 3 saturated carbocycles. The van der Waals surface area contributed by atoms with Crippen molar-refractivity contribution in [3.05, 3.63) is 11.6 Å². The highest BCUT2D eigenvalue weighted by Gasteiger charge is 2.60. The van der Waals surface area contributed by atoms with E-state index in [-0.39, 0.29) is 5.41 Å². The van der Waals surface area contributed by atoms with Gasteiger partial charge in [0.25, 0.3) is 0 Å². The van der Waals surface area contributed by atoms with Crippen LogP contribution in [0.3, 0.4) is 0 Å². The zero-order valence-corrected chi connectivity index (χ0v) is 19.2. The molecule has 4 aliphatic rings. The van der Waals surface area contributed by atoms with Gasteiger partial charge in [-0.3, -0.25) is 4.79 Å². The van der Waals surface area contributed by atoms with E-state index >= 15 is 0 Å². The molecule has 0 bridgehead atoms. The topological polar surface area (TPSA) is 17.1 Å². The van der Waals surface area contributed by atoms with Gasteiger partial charge < -0.3 is 0 Å². The highest BCUT2D eigenvalue weighted by Crippen LogP contribution is 2.67. The van der Waals surface area contributed by atoms with E-state index in [1.807, 2.05) is 0 Å². The first-order valence-electron chi connectivity index (χ1n) is 12.5. The molecule has 0 unspecified atom stereocenters. The number of rotatable bonds is 5. The van der Waals surface area contributed by atoms with Crippen molar-refractivity contribution in [3.63, 3.8) is 0 Å². The van der Waals surface area contributed by atoms with Crippen LogP contribution in [-0.4, -0.2) is 5.78 Å². The first-order chi connectivity index (χ1) is 13.3. The summed E-state index contributed by atoms with van der Waals surface area (Å²) in [6, 6.07) is 0. The fourth-order valence-electron chi connectivity index (χ4n) is 8.61. The van der Waals surface area contributed by atoms with Crippen LogP contribution in [0.1, 0.15) is 105 Å². The van der Waals surface area contributed by atoms with Gasteiger partial charge in [0.2, 0.25) is 0 Å². The lowest BCUT2D eigenvalue weighted by Crippen LogP contribution is -2.52. The van der Waals surface area contributed by atoms with Crippen LogP contribution in [0, 0.1) is 46.3 Å². The summed E-state index contributed by atoms with van der Waals surface area (Å²) in [5.74, 6) is 5.32. The molecule has 4 aliphatic carbocycles. The summed E-state index contributed by atoms with van der Waals surface area (Å²) in [5, 5.41) is 0. The maximum Gasteiger partial charge on any atom is 0.159 e. The molecule has 4 rings (SSSR count). The molecule has 7 atom stereocenters. The quantitative estimate of drug-likeness (QED) is 0.477. The molecule has 0 heterocycles. The van der Waals surface area contributed by atoms with Gasteiger partial charge in [0.1, 0.15) is 0 Å². The number of hydrogen-bond donors (Lipinski definition) is 0. The number of fused-ring (bicyclic) bond motifs is 5. The molecule has 1 heteroatoms. The minimum atomic E-state index is 0.195. The van der Waals surface area contributed by atoms with Crippen LogP contribution >= 0.6 is 0 Å². The molecule has 0 saturated heterocycles. The van der Waals surface area contributed by atoms with Crippen LogP contribution in [0.25, 0.3) is 0 Å². The van der Waals surface area contributed by atoms with Crippen molar-refractivity contribution in [3.8, 4) is 0 Å². The number of ketones is 1. The van der Waals surface area contributed by atoms with Crippen LogP contribution in [-0.2, 0) is 4.79 Å². The SMILES string of the molecule is CC(C)CCC[C@@H](C)[C@H]1CC[C@@H]2[C@H]3CC(=O)C4=CCCC[C@]4(C)[C@@H]3CC[C@@]21C. The van der Waals surface area contributed by atoms with Gasteiger partial charge in [-0.15, -0.1) is 0 Å². The average molecular weight is 385 g/mol. The molecule has 1 nitrogen and oxygen atoms in total. The third kappa shape index (κ3) is 3.24. The van der Waals surface area contributed by atoms with E-state index in [2.05, 4.69) is 40.7 Å². The van der Waals surface area contributed by atoms with E-state index in [1.165, 1.54) is 63.4 Å². The smallest absolute Gasteiger partial charge is 0.159 e. The van der Waals surface area contributed by atoms with E-state index in [0.717, 1.165) is 42.4 Å². The van der Waals surface area contributed by atoms with Crippen LogP contribution in [0.2, 0.25) is 0 Å². The molecule has 28 heavy (non-hydrogen) atoms. The largest absolute Gasteiger partial charge is 0.295 e. The molecule has 158 valence electrons. The molecule has 0 aromatic rings. The Morgan fingerprint density at radius 2 is 1.82 bits per heavy atom. The molecule has 0 aromatic carbocycles. The lowest BCUT2D eigenvalue weighted by molar-refractivity contribution is -0.129. The molecule has 0 N–H and O–H groups in total. The zero-order valence-electron chi connectivity index (χ0n) is 19.2. The summed E-state index contributed by atoms with van der Waals surface area (Å²) < 4.78 is 0. The summed E-state index contributed by atoms with van der Waals surface area (Å²) in [6.45, 7) is 12.3. The van der Waals surface area contributed by atoms with Crippen molar-refractivity contribution >= 4 is 5.78 Å². The summed E-state index contributed by atoms with van der Waals surface area (Å²) in [5.41, 5.74) is 1.92. The maximum absolute atomic E-state index is 13.1. The summed E-state index contributed by atoms with van der Waals surface area (Å²) in [7, 11) is 0. The van der Waals surface area contributed by atoms with Crippen molar-refractivity contribution in [1.29, 1.82) is 0 Å². The number of carbonyl (C=O) groups excluding carboxylic acids is 1. The Morgan fingerprint density at radius 1 is 1.04 bits per heavy atom. The molecular formula is C27H44O. The Bertz CT molecular complexity index is 630. The number of carbonyl (C=O) groups is 1. The van der Waals surface area contributed by atoms with Gasteiger partial charge in [0.05, 0.1) is 0 Å². The van der Waals surface area contributed by atoms with Gasteiger partial charge >= 0.3 is 0 Å². The first kappa shape index (κ1) is 20.7. The maximum atomic E-state index is 13.1. The van der Waals surface area contributed by atoms with Gasteiger partial charge in [-0.1, -0.05) is 60.0 Å². The van der Waals surface area contributed by atoms with Gasteiger partial charge in [0, 0.05) is 6.42 Å². The molecule has 0 aliphatic heterocycles. The second kappa shape index (κ2) is 7.59. The van der Waals surface area contributed by atoms with Crippen LogP contribution < -0.4 is 0 Å². The fourth-order valence-corrected chi connectivity index (χ4v) is 8.61. The summed E-state index contributed by atoms with van der Waals surface area (Å²) in [4.78, 5) is 13.1. The van der Waals surface area contributed by atoms with Gasteiger partial charge in [0.15, 0.2) is 5.78 Å². The van der Waals surface area contributed by atoms with Crippen molar-refractivity contribution in [2.45, 2.75) is 105 Å². The minimum absolute atomic E-state index is 0.195. The molecule has 0 radical (unpaired) electrons. The highest BCUT2D eigenvalue weighted by molar-refractivity contribution is 5.98. The van der Waals surface area contributed by atoms with E-state index in [1.54, 1.807) is 0 Å². The van der Waals surface area contributed by atoms with Crippen molar-refractivity contribution in [1.82, 2.24) is 0 Å². The van der Waals surface area contributed by atoms with Gasteiger partial charge in [-0.25, -0.2) is 0 Å². The summed E-state index contributed by atoms with van der Waals surface area (Å²) in [6.07, 6.45) is 16.6. The van der Waals surface area contributed by atoms with Crippen molar-refractivity contribution < 1.29 is 4.79 Å². The van der Waals surface area contributed by atoms with Crippen LogP contribution in [0.5, 0.6) is 0 Å². The molecule has 3 fully saturated rings. The van der Waals surface area contributed by atoms with Gasteiger partial charge in [-0.05, 0) is 96.9 Å². The third-order valence-corrected chi connectivity index (χ3v) is 10.0. The Hall–Kier alpha value is -0.590. The second-order valence-electron chi connectivity index (χ2n) is 12.0. The highest BCUT2D eigenvalue weighted by atomic mass is 16.1. The molecule has 0 spiro atoms. The Balaban J connectivity index is 1.52. The first-order valence-corrected chi connectivity index (χ1v) is 12.5. The van der Waals surface area contributed by atoms with Crippen molar-refractivity contribution in [2.75, 3.05) is 0 Å². The lowest BCUT2D eigenvalue weighted by atomic mass is 9.46.